The molecule has 3 amide bonds. The molecule has 6 heteroatoms. The standard InChI is InChI=1S/C10H13N3O2S/c1-5-7(3)16-9(11-5)13-8(14)6(2)12(4)10(13)15/h6H,1-4H3/t6-/m0/s1. The van der Waals surface area contributed by atoms with Crippen molar-refractivity contribution in [1.82, 2.24) is 9.88 Å². The summed E-state index contributed by atoms with van der Waals surface area (Å²) in [5.74, 6) is -0.207. The maximum absolute atomic E-state index is 11.9. The van der Waals surface area contributed by atoms with Gasteiger partial charge in [0.25, 0.3) is 5.91 Å². The lowest BCUT2D eigenvalue weighted by atomic mass is 10.3. The summed E-state index contributed by atoms with van der Waals surface area (Å²) in [6, 6.07) is -0.705. The average molecular weight is 239 g/mol. The number of urea groups is 1. The van der Waals surface area contributed by atoms with E-state index in [4.69, 9.17) is 0 Å². The molecule has 0 spiro atoms. The Morgan fingerprint density at radius 3 is 2.31 bits per heavy atom. The Morgan fingerprint density at radius 2 is 1.94 bits per heavy atom. The van der Waals surface area contributed by atoms with E-state index in [1.54, 1.807) is 14.0 Å². The number of aryl methyl sites for hydroxylation is 2. The molecule has 0 radical (unpaired) electrons. The quantitative estimate of drug-likeness (QED) is 0.699. The second-order valence-corrected chi connectivity index (χ2v) is 5.06. The minimum absolute atomic E-state index is 0.207. The number of hydrogen-bond acceptors (Lipinski definition) is 4. The number of nitrogens with zero attached hydrogens (tertiary/aromatic N) is 3. The van der Waals surface area contributed by atoms with Gasteiger partial charge in [0.15, 0.2) is 0 Å². The fourth-order valence-corrected chi connectivity index (χ4v) is 2.41. The Morgan fingerprint density at radius 1 is 1.31 bits per heavy atom. The van der Waals surface area contributed by atoms with Crippen LogP contribution in [0.4, 0.5) is 9.93 Å². The van der Waals surface area contributed by atoms with Crippen LogP contribution in [-0.2, 0) is 4.79 Å². The lowest BCUT2D eigenvalue weighted by Crippen LogP contribution is -2.31. The lowest BCUT2D eigenvalue weighted by molar-refractivity contribution is -0.119. The van der Waals surface area contributed by atoms with E-state index >= 15 is 0 Å². The van der Waals surface area contributed by atoms with Gasteiger partial charge in [-0.25, -0.2) is 14.7 Å². The van der Waals surface area contributed by atoms with Crippen LogP contribution >= 0.6 is 11.3 Å². The minimum Gasteiger partial charge on any atom is -0.315 e. The SMILES string of the molecule is Cc1nc(N2C(=O)[C@H](C)N(C)C2=O)sc1C. The van der Waals surface area contributed by atoms with Gasteiger partial charge in [0.05, 0.1) is 5.69 Å². The number of rotatable bonds is 1. The van der Waals surface area contributed by atoms with Crippen LogP contribution in [0, 0.1) is 13.8 Å². The number of carbonyl (C=O) groups is 2. The fourth-order valence-electron chi connectivity index (χ4n) is 1.50. The molecular formula is C10H13N3O2S. The van der Waals surface area contributed by atoms with E-state index in [0.29, 0.717) is 5.13 Å². The molecule has 0 unspecified atom stereocenters. The second-order valence-electron chi connectivity index (χ2n) is 3.88. The van der Waals surface area contributed by atoms with Crippen molar-refractivity contribution in [1.29, 1.82) is 0 Å². The van der Waals surface area contributed by atoms with Crippen molar-refractivity contribution in [3.63, 3.8) is 0 Å². The first kappa shape index (κ1) is 11.1. The van der Waals surface area contributed by atoms with E-state index in [2.05, 4.69) is 4.98 Å². The van der Waals surface area contributed by atoms with E-state index < -0.39 is 6.04 Å². The van der Waals surface area contributed by atoms with Crippen molar-refractivity contribution in [3.05, 3.63) is 10.6 Å². The number of anilines is 1. The number of carbonyl (C=O) groups excluding carboxylic acids is 2. The Hall–Kier alpha value is -1.43. The topological polar surface area (TPSA) is 53.5 Å². The van der Waals surface area contributed by atoms with Crippen LogP contribution < -0.4 is 4.90 Å². The van der Waals surface area contributed by atoms with Gasteiger partial charge in [0, 0.05) is 11.9 Å². The smallest absolute Gasteiger partial charge is 0.315 e. The molecule has 5 nitrogen and oxygen atoms in total. The molecule has 2 heterocycles. The summed E-state index contributed by atoms with van der Waals surface area (Å²) in [7, 11) is 1.62. The molecule has 0 aromatic carbocycles. The maximum atomic E-state index is 11.9. The molecule has 1 aromatic rings. The third-order valence-electron chi connectivity index (χ3n) is 2.86. The summed E-state index contributed by atoms with van der Waals surface area (Å²) in [5.41, 5.74) is 0.864. The van der Waals surface area contributed by atoms with Crippen molar-refractivity contribution < 1.29 is 9.59 Å². The molecule has 1 fully saturated rings. The zero-order valence-corrected chi connectivity index (χ0v) is 10.5. The van der Waals surface area contributed by atoms with Gasteiger partial charge in [-0.2, -0.15) is 0 Å². The third kappa shape index (κ3) is 1.41. The summed E-state index contributed by atoms with van der Waals surface area (Å²) >= 11 is 1.37. The van der Waals surface area contributed by atoms with E-state index in [1.807, 2.05) is 13.8 Å². The van der Waals surface area contributed by atoms with Crippen molar-refractivity contribution in [2.24, 2.45) is 0 Å². The molecule has 1 aliphatic heterocycles. The predicted octanol–water partition coefficient (Wildman–Crippen LogP) is 1.55. The van der Waals surface area contributed by atoms with Crippen molar-refractivity contribution in [2.45, 2.75) is 26.8 Å². The van der Waals surface area contributed by atoms with E-state index in [-0.39, 0.29) is 11.9 Å². The molecule has 1 aliphatic rings. The summed E-state index contributed by atoms with van der Waals surface area (Å²) in [5, 5.41) is 0.473. The first-order valence-electron chi connectivity index (χ1n) is 4.98. The van der Waals surface area contributed by atoms with Crippen molar-refractivity contribution in [2.75, 3.05) is 11.9 Å². The Balaban J connectivity index is 2.42. The van der Waals surface area contributed by atoms with Gasteiger partial charge in [-0.1, -0.05) is 0 Å². The molecule has 0 saturated carbocycles. The van der Waals surface area contributed by atoms with Crippen molar-refractivity contribution in [3.8, 4) is 0 Å². The largest absolute Gasteiger partial charge is 0.333 e. The fraction of sp³-hybridized carbons (Fsp3) is 0.500. The van der Waals surface area contributed by atoms with Crippen molar-refractivity contribution >= 4 is 28.4 Å². The maximum Gasteiger partial charge on any atom is 0.333 e. The van der Waals surface area contributed by atoms with Crippen LogP contribution in [0.1, 0.15) is 17.5 Å². The first-order chi connectivity index (χ1) is 7.43. The number of thiazole rings is 1. The average Bonchev–Trinajstić information content (AvgIpc) is 2.64. The number of likely N-dealkylation sites (N-methyl/N-ethyl adjacent to an activating group) is 1. The van der Waals surface area contributed by atoms with Crippen LogP contribution in [0.5, 0.6) is 0 Å². The van der Waals surface area contributed by atoms with Crippen LogP contribution in [-0.4, -0.2) is 34.9 Å². The van der Waals surface area contributed by atoms with Gasteiger partial charge in [-0.05, 0) is 20.8 Å². The molecular weight excluding hydrogens is 226 g/mol. The number of amides is 3. The highest BCUT2D eigenvalue weighted by molar-refractivity contribution is 7.16. The molecule has 0 bridgehead atoms. The zero-order valence-electron chi connectivity index (χ0n) is 9.64. The second kappa shape index (κ2) is 3.55. The van der Waals surface area contributed by atoms with E-state index in [9.17, 15) is 9.59 Å². The van der Waals surface area contributed by atoms with Gasteiger partial charge in [-0.15, -0.1) is 11.3 Å². The van der Waals surface area contributed by atoms with Crippen LogP contribution in [0.3, 0.4) is 0 Å². The van der Waals surface area contributed by atoms with Gasteiger partial charge >= 0.3 is 6.03 Å². The normalized spacial score (nSPS) is 21.1. The summed E-state index contributed by atoms with van der Waals surface area (Å²) in [6.07, 6.45) is 0. The van der Waals surface area contributed by atoms with E-state index in [0.717, 1.165) is 15.5 Å². The summed E-state index contributed by atoms with van der Waals surface area (Å²) in [6.45, 7) is 5.51. The Bertz CT molecular complexity index is 429. The molecule has 1 aromatic heterocycles. The Labute approximate surface area is 97.7 Å². The van der Waals surface area contributed by atoms with Gasteiger partial charge in [0.1, 0.15) is 6.04 Å². The molecule has 86 valence electrons. The number of imide groups is 1. The van der Waals surface area contributed by atoms with E-state index in [1.165, 1.54) is 16.2 Å². The number of hydrogen-bond donors (Lipinski definition) is 0. The first-order valence-corrected chi connectivity index (χ1v) is 5.80. The highest BCUT2D eigenvalue weighted by Crippen LogP contribution is 2.29. The minimum atomic E-state index is -0.406. The number of aromatic nitrogens is 1. The van der Waals surface area contributed by atoms with Crippen LogP contribution in [0.15, 0.2) is 0 Å². The molecule has 1 saturated heterocycles. The third-order valence-corrected chi connectivity index (χ3v) is 3.92. The zero-order chi connectivity index (χ0) is 12.0. The highest BCUT2D eigenvalue weighted by Gasteiger charge is 2.42. The molecule has 1 atom stereocenters. The molecule has 2 rings (SSSR count). The van der Waals surface area contributed by atoms with Gasteiger partial charge in [0.2, 0.25) is 5.13 Å². The monoisotopic (exact) mass is 239 g/mol. The predicted molar refractivity (Wildman–Crippen MR) is 61.7 cm³/mol. The highest BCUT2D eigenvalue weighted by atomic mass is 32.1. The van der Waals surface area contributed by atoms with Crippen LogP contribution in [0.25, 0.3) is 0 Å². The van der Waals surface area contributed by atoms with Crippen LogP contribution in [0.2, 0.25) is 0 Å². The van der Waals surface area contributed by atoms with Gasteiger partial charge in [-0.3, -0.25) is 4.79 Å². The van der Waals surface area contributed by atoms with Gasteiger partial charge < -0.3 is 4.90 Å². The molecule has 16 heavy (non-hydrogen) atoms. The lowest BCUT2D eigenvalue weighted by Gasteiger charge is -2.10. The summed E-state index contributed by atoms with van der Waals surface area (Å²) in [4.78, 5) is 31.6. The summed E-state index contributed by atoms with van der Waals surface area (Å²) < 4.78 is 0. The molecule has 0 N–H and O–H groups in total. The Kier molecular flexibility index (Phi) is 2.46. The molecule has 0 aliphatic carbocycles.